The van der Waals surface area contributed by atoms with E-state index < -0.39 is 0 Å². The van der Waals surface area contributed by atoms with Crippen LogP contribution >= 0.6 is 11.3 Å². The van der Waals surface area contributed by atoms with E-state index in [2.05, 4.69) is 42.8 Å². The van der Waals surface area contributed by atoms with Gasteiger partial charge in [-0.2, -0.15) is 11.3 Å². The van der Waals surface area contributed by atoms with Crippen molar-refractivity contribution in [2.45, 2.75) is 37.8 Å². The van der Waals surface area contributed by atoms with Crippen LogP contribution in [0.5, 0.6) is 0 Å². The smallest absolute Gasteiger partial charge is 0.244 e. The van der Waals surface area contributed by atoms with Crippen LogP contribution in [0.25, 0.3) is 10.5 Å². The minimum atomic E-state index is -0.0813. The third-order valence-electron chi connectivity index (χ3n) is 7.42. The van der Waals surface area contributed by atoms with E-state index in [1.807, 2.05) is 17.9 Å². The van der Waals surface area contributed by atoms with Gasteiger partial charge in [0.25, 0.3) is 0 Å². The Labute approximate surface area is 201 Å². The van der Waals surface area contributed by atoms with Crippen molar-refractivity contribution in [1.29, 1.82) is 0 Å². The average Bonchev–Trinajstić information content (AvgIpc) is 3.62. The summed E-state index contributed by atoms with van der Waals surface area (Å²) in [6.45, 7) is 13.0. The molecule has 3 aliphatic rings. The number of tetrazole rings is 1. The summed E-state index contributed by atoms with van der Waals surface area (Å²) in [4.78, 5) is 21.6. The molecule has 0 saturated carbocycles. The molecule has 3 aromatic rings. The molecule has 4 heterocycles. The van der Waals surface area contributed by atoms with Crippen molar-refractivity contribution < 1.29 is 9.53 Å². The molecule has 1 aliphatic carbocycles. The van der Waals surface area contributed by atoms with Crippen LogP contribution < -0.4 is 0 Å². The molecule has 2 fully saturated rings. The molecule has 1 amide bonds. The molecule has 0 bridgehead atoms. The predicted molar refractivity (Wildman–Crippen MR) is 126 cm³/mol. The number of hydrogen-bond acceptors (Lipinski definition) is 7. The number of piperazine rings is 1. The Kier molecular flexibility index (Phi) is 5.40. The van der Waals surface area contributed by atoms with Gasteiger partial charge in [-0.15, -0.1) is 5.10 Å². The van der Waals surface area contributed by atoms with Gasteiger partial charge >= 0.3 is 0 Å². The molecule has 1 unspecified atom stereocenters. The summed E-state index contributed by atoms with van der Waals surface area (Å²) in [7, 11) is 0. The number of ether oxygens (including phenoxy) is 1. The molecule has 6 rings (SSSR count). The van der Waals surface area contributed by atoms with E-state index in [1.165, 1.54) is 16.9 Å². The van der Waals surface area contributed by atoms with Gasteiger partial charge in [0.2, 0.25) is 10.9 Å². The second-order valence-corrected chi connectivity index (χ2v) is 10.1. The van der Waals surface area contributed by atoms with Gasteiger partial charge in [-0.3, -0.25) is 9.69 Å². The number of hydrogen-bond donors (Lipinski definition) is 0. The minimum absolute atomic E-state index is 0.00124. The van der Waals surface area contributed by atoms with Crippen LogP contribution in [0.4, 0.5) is 5.00 Å². The van der Waals surface area contributed by atoms with E-state index in [0.717, 1.165) is 59.9 Å². The molecule has 10 heteroatoms. The van der Waals surface area contributed by atoms with Crippen LogP contribution in [0, 0.1) is 13.5 Å². The van der Waals surface area contributed by atoms with Gasteiger partial charge in [0.05, 0.1) is 36.9 Å². The van der Waals surface area contributed by atoms with Gasteiger partial charge in [0.1, 0.15) is 6.33 Å². The standard InChI is InChI=1S/C24H25N7O2S/c1-15-21(13-34-23(15)25-2)22-11-29-7-8-30(10-18(29)12-33-22)24(32)20-5-3-16-9-17(4-6-19(16)20)31-14-26-27-28-31/h4,6,9,13-14,18,20,22H,3,5,7-8,10-12H2,1H3/t18-,20?,22-/m0/s1. The maximum atomic E-state index is 13.5. The third kappa shape index (κ3) is 3.60. The van der Waals surface area contributed by atoms with Gasteiger partial charge < -0.3 is 9.64 Å². The lowest BCUT2D eigenvalue weighted by Gasteiger charge is -2.46. The number of carbonyl (C=O) groups is 1. The molecular weight excluding hydrogens is 450 g/mol. The Balaban J connectivity index is 1.12. The number of morpholine rings is 1. The fourth-order valence-corrected chi connectivity index (χ4v) is 6.44. The average molecular weight is 476 g/mol. The number of aryl methyl sites for hydroxylation is 1. The molecule has 174 valence electrons. The quantitative estimate of drug-likeness (QED) is 0.542. The first-order chi connectivity index (χ1) is 16.6. The molecule has 9 nitrogen and oxygen atoms in total. The lowest BCUT2D eigenvalue weighted by atomic mass is 9.97. The molecule has 2 aliphatic heterocycles. The molecule has 2 saturated heterocycles. The summed E-state index contributed by atoms with van der Waals surface area (Å²) in [5.74, 6) is 0.147. The van der Waals surface area contributed by atoms with E-state index >= 15 is 0 Å². The summed E-state index contributed by atoms with van der Waals surface area (Å²) < 4.78 is 7.88. The summed E-state index contributed by atoms with van der Waals surface area (Å²) in [5.41, 5.74) is 5.44. The molecule has 0 N–H and O–H groups in total. The fraction of sp³-hybridized carbons (Fsp3) is 0.458. The lowest BCUT2D eigenvalue weighted by molar-refractivity contribution is -0.141. The Hall–Kier alpha value is -3.13. The molecule has 1 aromatic carbocycles. The van der Waals surface area contributed by atoms with E-state index in [0.29, 0.717) is 13.2 Å². The van der Waals surface area contributed by atoms with Crippen LogP contribution in [-0.4, -0.2) is 74.7 Å². The molecule has 0 spiro atoms. The Morgan fingerprint density at radius 2 is 2.18 bits per heavy atom. The van der Waals surface area contributed by atoms with E-state index in [1.54, 1.807) is 11.0 Å². The van der Waals surface area contributed by atoms with Crippen molar-refractivity contribution in [3.05, 3.63) is 63.6 Å². The third-order valence-corrected chi connectivity index (χ3v) is 8.41. The lowest BCUT2D eigenvalue weighted by Crippen LogP contribution is -2.60. The van der Waals surface area contributed by atoms with Gasteiger partial charge in [0.15, 0.2) is 0 Å². The van der Waals surface area contributed by atoms with E-state index in [4.69, 9.17) is 11.3 Å². The number of amides is 1. The Bertz CT molecular complexity index is 1260. The molecule has 34 heavy (non-hydrogen) atoms. The summed E-state index contributed by atoms with van der Waals surface area (Å²) in [6, 6.07) is 6.36. The first-order valence-electron chi connectivity index (χ1n) is 11.6. The Morgan fingerprint density at radius 3 is 2.97 bits per heavy atom. The highest BCUT2D eigenvalue weighted by Crippen LogP contribution is 2.39. The monoisotopic (exact) mass is 475 g/mol. The second kappa shape index (κ2) is 8.58. The summed E-state index contributed by atoms with van der Waals surface area (Å²) in [6.07, 6.45) is 3.32. The first-order valence-corrected chi connectivity index (χ1v) is 12.5. The number of nitrogens with zero attached hydrogens (tertiary/aromatic N) is 7. The number of thiophene rings is 1. The number of rotatable bonds is 3. The van der Waals surface area contributed by atoms with Gasteiger partial charge in [-0.05, 0) is 70.0 Å². The van der Waals surface area contributed by atoms with Gasteiger partial charge in [-0.1, -0.05) is 6.07 Å². The van der Waals surface area contributed by atoms with E-state index in [9.17, 15) is 4.79 Å². The number of fused-ring (bicyclic) bond motifs is 2. The van der Waals surface area contributed by atoms with Crippen molar-refractivity contribution in [3.63, 3.8) is 0 Å². The number of carbonyl (C=O) groups excluding carboxylic acids is 1. The summed E-state index contributed by atoms with van der Waals surface area (Å²) >= 11 is 1.50. The predicted octanol–water partition coefficient (Wildman–Crippen LogP) is 2.90. The first kappa shape index (κ1) is 21.4. The van der Waals surface area contributed by atoms with E-state index in [-0.39, 0.29) is 24.0 Å². The highest BCUT2D eigenvalue weighted by atomic mass is 32.1. The van der Waals surface area contributed by atoms with Crippen LogP contribution in [0.15, 0.2) is 29.9 Å². The van der Waals surface area contributed by atoms with Crippen molar-refractivity contribution in [2.24, 2.45) is 0 Å². The largest absolute Gasteiger partial charge is 0.371 e. The zero-order valence-corrected chi connectivity index (χ0v) is 19.7. The fourth-order valence-electron chi connectivity index (χ4n) is 5.52. The van der Waals surface area contributed by atoms with Crippen molar-refractivity contribution >= 4 is 22.2 Å². The van der Waals surface area contributed by atoms with Crippen molar-refractivity contribution in [1.82, 2.24) is 30.0 Å². The van der Waals surface area contributed by atoms with Crippen LogP contribution in [0.2, 0.25) is 0 Å². The van der Waals surface area contributed by atoms with Crippen LogP contribution in [-0.2, 0) is 16.0 Å². The maximum absolute atomic E-state index is 13.5. The number of benzene rings is 1. The second-order valence-electron chi connectivity index (χ2n) is 9.22. The summed E-state index contributed by atoms with van der Waals surface area (Å²) in [5, 5.41) is 14.2. The van der Waals surface area contributed by atoms with Crippen molar-refractivity contribution in [3.8, 4) is 5.69 Å². The number of aromatic nitrogens is 4. The maximum Gasteiger partial charge on any atom is 0.244 e. The van der Waals surface area contributed by atoms with Gasteiger partial charge in [0, 0.05) is 26.2 Å². The highest BCUT2D eigenvalue weighted by molar-refractivity contribution is 7.14. The Morgan fingerprint density at radius 1 is 1.26 bits per heavy atom. The van der Waals surface area contributed by atoms with Crippen LogP contribution in [0.1, 0.15) is 40.7 Å². The van der Waals surface area contributed by atoms with Crippen LogP contribution in [0.3, 0.4) is 0 Å². The SMILES string of the molecule is [C-]#[N+]c1scc([C@@H]2CN3CCN(C(=O)C4CCc5cc(-n6cnnn6)ccc54)C[C@H]3CO2)c1C. The highest BCUT2D eigenvalue weighted by Gasteiger charge is 2.39. The topological polar surface area (TPSA) is 80.7 Å². The molecular formula is C24H25N7O2S. The normalized spacial score (nSPS) is 24.5. The minimum Gasteiger partial charge on any atom is -0.371 e. The molecule has 0 radical (unpaired) electrons. The van der Waals surface area contributed by atoms with Gasteiger partial charge in [-0.25, -0.2) is 9.53 Å². The zero-order valence-electron chi connectivity index (χ0n) is 18.9. The van der Waals surface area contributed by atoms with Crippen molar-refractivity contribution in [2.75, 3.05) is 32.8 Å². The zero-order chi connectivity index (χ0) is 23.2. The molecule has 2 aromatic heterocycles. The molecule has 3 atom stereocenters.